The molecule has 0 aliphatic heterocycles. The minimum Gasteiger partial charge on any atom is -0.490 e. The van der Waals surface area contributed by atoms with Crippen LogP contribution in [0.5, 0.6) is 5.75 Å². The van der Waals surface area contributed by atoms with Crippen LogP contribution in [0.1, 0.15) is 27.8 Å². The van der Waals surface area contributed by atoms with Crippen molar-refractivity contribution in [3.8, 4) is 5.75 Å². The standard InChI is InChI=1S/C21H26N2O2/c1-13-6-7-14(2)21(17(13)5)25-11-18(24)10-23-12-22-19-8-15(3)16(4)9-20(19)23/h6-9,12,18,24H,10-11H2,1-5H3. The molecule has 0 saturated carbocycles. The normalized spacial score (nSPS) is 12.6. The number of aromatic nitrogens is 2. The molecule has 1 aromatic heterocycles. The number of aliphatic hydroxyl groups is 1. The van der Waals surface area contributed by atoms with Crippen molar-refractivity contribution in [2.45, 2.75) is 47.3 Å². The average molecular weight is 338 g/mol. The molecular formula is C21H26N2O2. The maximum atomic E-state index is 10.4. The van der Waals surface area contributed by atoms with Gasteiger partial charge < -0.3 is 14.4 Å². The first-order valence-corrected chi connectivity index (χ1v) is 8.66. The number of hydrogen-bond acceptors (Lipinski definition) is 3. The van der Waals surface area contributed by atoms with Gasteiger partial charge in [-0.25, -0.2) is 4.98 Å². The Kier molecular flexibility index (Phi) is 4.82. The van der Waals surface area contributed by atoms with Crippen molar-refractivity contribution < 1.29 is 9.84 Å². The van der Waals surface area contributed by atoms with E-state index < -0.39 is 6.10 Å². The number of aryl methyl sites for hydroxylation is 4. The minimum atomic E-state index is -0.599. The highest BCUT2D eigenvalue weighted by Gasteiger charge is 2.13. The van der Waals surface area contributed by atoms with Crippen molar-refractivity contribution in [1.29, 1.82) is 0 Å². The monoisotopic (exact) mass is 338 g/mol. The molecule has 25 heavy (non-hydrogen) atoms. The van der Waals surface area contributed by atoms with E-state index in [-0.39, 0.29) is 6.61 Å². The largest absolute Gasteiger partial charge is 0.490 e. The third-order valence-electron chi connectivity index (χ3n) is 4.94. The summed E-state index contributed by atoms with van der Waals surface area (Å²) in [5.74, 6) is 0.876. The number of ether oxygens (including phenoxy) is 1. The summed E-state index contributed by atoms with van der Waals surface area (Å²) in [6.45, 7) is 11.1. The molecule has 1 atom stereocenters. The lowest BCUT2D eigenvalue weighted by Crippen LogP contribution is -2.23. The van der Waals surface area contributed by atoms with Crippen LogP contribution in [0.3, 0.4) is 0 Å². The van der Waals surface area contributed by atoms with E-state index in [9.17, 15) is 5.11 Å². The molecule has 0 fully saturated rings. The Morgan fingerprint density at radius 3 is 2.44 bits per heavy atom. The molecular weight excluding hydrogens is 312 g/mol. The van der Waals surface area contributed by atoms with Crippen LogP contribution in [-0.2, 0) is 6.54 Å². The number of rotatable bonds is 5. The van der Waals surface area contributed by atoms with Crippen LogP contribution in [0.2, 0.25) is 0 Å². The van der Waals surface area contributed by atoms with Crippen LogP contribution in [0.15, 0.2) is 30.6 Å². The molecule has 132 valence electrons. The molecule has 0 radical (unpaired) electrons. The molecule has 0 saturated heterocycles. The summed E-state index contributed by atoms with van der Waals surface area (Å²) >= 11 is 0. The lowest BCUT2D eigenvalue weighted by atomic mass is 10.1. The molecule has 3 aromatic rings. The van der Waals surface area contributed by atoms with Gasteiger partial charge in [-0.2, -0.15) is 0 Å². The van der Waals surface area contributed by atoms with Gasteiger partial charge >= 0.3 is 0 Å². The Morgan fingerprint density at radius 2 is 1.68 bits per heavy atom. The second-order valence-corrected chi connectivity index (χ2v) is 6.94. The zero-order chi connectivity index (χ0) is 18.1. The van der Waals surface area contributed by atoms with Crippen molar-refractivity contribution in [2.75, 3.05) is 6.61 Å². The van der Waals surface area contributed by atoms with E-state index in [1.165, 1.54) is 16.7 Å². The molecule has 1 unspecified atom stereocenters. The van der Waals surface area contributed by atoms with Crippen LogP contribution in [0, 0.1) is 34.6 Å². The lowest BCUT2D eigenvalue weighted by molar-refractivity contribution is 0.0927. The molecule has 4 nitrogen and oxygen atoms in total. The number of aliphatic hydroxyl groups excluding tert-OH is 1. The quantitative estimate of drug-likeness (QED) is 0.764. The van der Waals surface area contributed by atoms with Gasteiger partial charge in [-0.3, -0.25) is 0 Å². The molecule has 2 aromatic carbocycles. The highest BCUT2D eigenvalue weighted by molar-refractivity contribution is 5.77. The number of nitrogens with zero attached hydrogens (tertiary/aromatic N) is 2. The molecule has 0 amide bonds. The summed E-state index contributed by atoms with van der Waals surface area (Å²) in [6.07, 6.45) is 1.19. The fourth-order valence-electron chi connectivity index (χ4n) is 3.07. The van der Waals surface area contributed by atoms with Crippen LogP contribution >= 0.6 is 0 Å². The van der Waals surface area contributed by atoms with E-state index in [4.69, 9.17) is 4.74 Å². The predicted molar refractivity (Wildman–Crippen MR) is 101 cm³/mol. The molecule has 0 spiro atoms. The highest BCUT2D eigenvalue weighted by Crippen LogP contribution is 2.26. The van der Waals surface area contributed by atoms with E-state index >= 15 is 0 Å². The summed E-state index contributed by atoms with van der Waals surface area (Å²) in [7, 11) is 0. The third kappa shape index (κ3) is 3.54. The number of imidazole rings is 1. The Hall–Kier alpha value is -2.33. The zero-order valence-corrected chi connectivity index (χ0v) is 15.6. The number of fused-ring (bicyclic) bond motifs is 1. The first-order chi connectivity index (χ1) is 11.9. The van der Waals surface area contributed by atoms with Gasteiger partial charge in [0.1, 0.15) is 18.5 Å². The smallest absolute Gasteiger partial charge is 0.125 e. The van der Waals surface area contributed by atoms with Gasteiger partial charge in [-0.15, -0.1) is 0 Å². The minimum absolute atomic E-state index is 0.260. The Bertz CT molecular complexity index is 912. The van der Waals surface area contributed by atoms with E-state index in [2.05, 4.69) is 56.9 Å². The van der Waals surface area contributed by atoms with Crippen LogP contribution in [0.4, 0.5) is 0 Å². The summed E-state index contributed by atoms with van der Waals surface area (Å²) in [6, 6.07) is 8.36. The first kappa shape index (κ1) is 17.5. The van der Waals surface area contributed by atoms with Crippen LogP contribution in [-0.4, -0.2) is 27.4 Å². The number of benzene rings is 2. The molecule has 0 bridgehead atoms. The van der Waals surface area contributed by atoms with Crippen molar-refractivity contribution in [3.63, 3.8) is 0 Å². The second kappa shape index (κ2) is 6.89. The molecule has 1 N–H and O–H groups in total. The van der Waals surface area contributed by atoms with Crippen molar-refractivity contribution in [2.24, 2.45) is 0 Å². The average Bonchev–Trinajstić information content (AvgIpc) is 2.93. The topological polar surface area (TPSA) is 47.3 Å². The van der Waals surface area contributed by atoms with E-state index in [0.717, 1.165) is 27.9 Å². The Morgan fingerprint density at radius 1 is 1.00 bits per heavy atom. The molecule has 3 rings (SSSR count). The lowest BCUT2D eigenvalue weighted by Gasteiger charge is -2.17. The van der Waals surface area contributed by atoms with Crippen molar-refractivity contribution in [3.05, 3.63) is 58.4 Å². The van der Waals surface area contributed by atoms with Gasteiger partial charge in [0.05, 0.1) is 23.9 Å². The van der Waals surface area contributed by atoms with Gasteiger partial charge in [0.25, 0.3) is 0 Å². The SMILES string of the molecule is Cc1cc2ncn(CC(O)COc3c(C)ccc(C)c3C)c2cc1C. The van der Waals surface area contributed by atoms with Crippen LogP contribution in [0.25, 0.3) is 11.0 Å². The van der Waals surface area contributed by atoms with E-state index in [0.29, 0.717) is 6.54 Å². The van der Waals surface area contributed by atoms with Gasteiger partial charge in [0.15, 0.2) is 0 Å². The van der Waals surface area contributed by atoms with Gasteiger partial charge in [0, 0.05) is 0 Å². The number of hydrogen-bond donors (Lipinski definition) is 1. The Labute approximate surface area is 149 Å². The van der Waals surface area contributed by atoms with Gasteiger partial charge in [0.2, 0.25) is 0 Å². The summed E-state index contributed by atoms with van der Waals surface area (Å²) in [5, 5.41) is 10.4. The predicted octanol–water partition coefficient (Wildman–Crippen LogP) is 4.02. The summed E-state index contributed by atoms with van der Waals surface area (Å²) in [5.41, 5.74) is 7.88. The van der Waals surface area contributed by atoms with Gasteiger partial charge in [-0.1, -0.05) is 12.1 Å². The molecule has 4 heteroatoms. The first-order valence-electron chi connectivity index (χ1n) is 8.66. The second-order valence-electron chi connectivity index (χ2n) is 6.94. The maximum Gasteiger partial charge on any atom is 0.125 e. The van der Waals surface area contributed by atoms with E-state index in [1.54, 1.807) is 6.33 Å². The zero-order valence-electron chi connectivity index (χ0n) is 15.6. The molecule has 0 aliphatic rings. The molecule has 0 aliphatic carbocycles. The van der Waals surface area contributed by atoms with Gasteiger partial charge in [-0.05, 0) is 74.6 Å². The summed E-state index contributed by atoms with van der Waals surface area (Å²) < 4.78 is 7.92. The van der Waals surface area contributed by atoms with Crippen molar-refractivity contribution >= 4 is 11.0 Å². The fourth-order valence-corrected chi connectivity index (χ4v) is 3.07. The van der Waals surface area contributed by atoms with Crippen molar-refractivity contribution in [1.82, 2.24) is 9.55 Å². The maximum absolute atomic E-state index is 10.4. The molecule has 1 heterocycles. The highest BCUT2D eigenvalue weighted by atomic mass is 16.5. The third-order valence-corrected chi connectivity index (χ3v) is 4.94. The Balaban J connectivity index is 1.72. The van der Waals surface area contributed by atoms with E-state index in [1.807, 2.05) is 11.5 Å². The fraction of sp³-hybridized carbons (Fsp3) is 0.381. The summed E-state index contributed by atoms with van der Waals surface area (Å²) in [4.78, 5) is 4.44. The van der Waals surface area contributed by atoms with Crippen LogP contribution < -0.4 is 4.74 Å².